The summed E-state index contributed by atoms with van der Waals surface area (Å²) in [5.74, 6) is 1.88. The molecule has 18 heavy (non-hydrogen) atoms. The third-order valence-corrected chi connectivity index (χ3v) is 3.56. The van der Waals surface area contributed by atoms with E-state index in [9.17, 15) is 0 Å². The van der Waals surface area contributed by atoms with Gasteiger partial charge in [-0.25, -0.2) is 0 Å². The van der Waals surface area contributed by atoms with Gasteiger partial charge in [0.05, 0.1) is 6.04 Å². The molecule has 0 aliphatic heterocycles. The number of rotatable bonds is 4. The molecule has 1 aromatic rings. The van der Waals surface area contributed by atoms with E-state index in [4.69, 9.17) is 10.3 Å². The van der Waals surface area contributed by atoms with Gasteiger partial charge in [-0.2, -0.15) is 4.98 Å². The van der Waals surface area contributed by atoms with Gasteiger partial charge in [0.2, 0.25) is 5.89 Å². The van der Waals surface area contributed by atoms with E-state index in [1.54, 1.807) is 0 Å². The first kappa shape index (κ1) is 13.5. The van der Waals surface area contributed by atoms with Crippen LogP contribution in [0.1, 0.15) is 62.2 Å². The lowest BCUT2D eigenvalue weighted by Gasteiger charge is -2.13. The molecule has 0 bridgehead atoms. The SMILES string of the molecule is CN(C)CC(N)c1noc(C2CCCCCC2)n1. The Morgan fingerprint density at radius 3 is 2.56 bits per heavy atom. The first-order valence-electron chi connectivity index (χ1n) is 6.90. The Hall–Kier alpha value is -0.940. The predicted octanol–water partition coefficient (Wildman–Crippen LogP) is 2.07. The van der Waals surface area contributed by atoms with Gasteiger partial charge in [0.25, 0.3) is 0 Å². The lowest BCUT2D eigenvalue weighted by molar-refractivity contribution is 0.327. The smallest absolute Gasteiger partial charge is 0.229 e. The van der Waals surface area contributed by atoms with E-state index < -0.39 is 0 Å². The molecule has 0 radical (unpaired) electrons. The van der Waals surface area contributed by atoms with Crippen LogP contribution in [-0.2, 0) is 0 Å². The Morgan fingerprint density at radius 2 is 1.94 bits per heavy atom. The summed E-state index contributed by atoms with van der Waals surface area (Å²) in [6, 6.07) is -0.164. The largest absolute Gasteiger partial charge is 0.339 e. The summed E-state index contributed by atoms with van der Waals surface area (Å²) >= 11 is 0. The van der Waals surface area contributed by atoms with Gasteiger partial charge in [0.15, 0.2) is 5.82 Å². The van der Waals surface area contributed by atoms with Crippen molar-refractivity contribution in [3.63, 3.8) is 0 Å². The van der Waals surface area contributed by atoms with Gasteiger partial charge in [-0.3, -0.25) is 0 Å². The highest BCUT2D eigenvalue weighted by atomic mass is 16.5. The molecule has 1 atom stereocenters. The van der Waals surface area contributed by atoms with E-state index in [1.165, 1.54) is 38.5 Å². The van der Waals surface area contributed by atoms with Crippen LogP contribution in [0.15, 0.2) is 4.52 Å². The number of hydrogen-bond acceptors (Lipinski definition) is 5. The van der Waals surface area contributed by atoms with Crippen molar-refractivity contribution in [2.45, 2.75) is 50.5 Å². The maximum atomic E-state index is 6.04. The average molecular weight is 252 g/mol. The van der Waals surface area contributed by atoms with Crippen LogP contribution in [0.2, 0.25) is 0 Å². The van der Waals surface area contributed by atoms with Crippen LogP contribution in [-0.4, -0.2) is 35.7 Å². The van der Waals surface area contributed by atoms with Crippen molar-refractivity contribution < 1.29 is 4.52 Å². The van der Waals surface area contributed by atoms with Crippen molar-refractivity contribution in [3.8, 4) is 0 Å². The molecular formula is C13H24N4O. The molecule has 0 aromatic carbocycles. The number of nitrogens with two attached hydrogens (primary N) is 1. The van der Waals surface area contributed by atoms with Gasteiger partial charge in [-0.05, 0) is 26.9 Å². The zero-order valence-corrected chi connectivity index (χ0v) is 11.4. The summed E-state index contributed by atoms with van der Waals surface area (Å²) in [7, 11) is 3.98. The molecule has 1 saturated carbocycles. The highest BCUT2D eigenvalue weighted by Gasteiger charge is 2.22. The highest BCUT2D eigenvalue weighted by Crippen LogP contribution is 2.30. The third kappa shape index (κ3) is 3.53. The van der Waals surface area contributed by atoms with Crippen molar-refractivity contribution in [2.24, 2.45) is 5.73 Å². The molecule has 5 nitrogen and oxygen atoms in total. The number of aromatic nitrogens is 2. The topological polar surface area (TPSA) is 68.2 Å². The lowest BCUT2D eigenvalue weighted by Crippen LogP contribution is -2.26. The van der Waals surface area contributed by atoms with E-state index in [0.29, 0.717) is 11.7 Å². The second-order valence-electron chi connectivity index (χ2n) is 5.55. The zero-order valence-electron chi connectivity index (χ0n) is 11.4. The van der Waals surface area contributed by atoms with E-state index in [0.717, 1.165) is 12.4 Å². The predicted molar refractivity (Wildman–Crippen MR) is 70.2 cm³/mol. The van der Waals surface area contributed by atoms with Gasteiger partial charge in [-0.1, -0.05) is 30.8 Å². The molecule has 1 fully saturated rings. The van der Waals surface area contributed by atoms with E-state index >= 15 is 0 Å². The highest BCUT2D eigenvalue weighted by molar-refractivity contribution is 4.98. The van der Waals surface area contributed by atoms with Crippen LogP contribution >= 0.6 is 0 Å². The van der Waals surface area contributed by atoms with Crippen LogP contribution in [0.5, 0.6) is 0 Å². The Bertz CT molecular complexity index is 356. The Labute approximate surface area is 109 Å². The number of likely N-dealkylation sites (N-methyl/N-ethyl adjacent to an activating group) is 1. The quantitative estimate of drug-likeness (QED) is 0.831. The molecule has 1 unspecified atom stereocenters. The van der Waals surface area contributed by atoms with Gasteiger partial charge in [0, 0.05) is 12.5 Å². The van der Waals surface area contributed by atoms with Gasteiger partial charge >= 0.3 is 0 Å². The minimum atomic E-state index is -0.164. The van der Waals surface area contributed by atoms with Crippen molar-refractivity contribution in [3.05, 3.63) is 11.7 Å². The van der Waals surface area contributed by atoms with Crippen LogP contribution in [0, 0.1) is 0 Å². The van der Waals surface area contributed by atoms with Crippen molar-refractivity contribution in [2.75, 3.05) is 20.6 Å². The minimum Gasteiger partial charge on any atom is -0.339 e. The van der Waals surface area contributed by atoms with Crippen LogP contribution in [0.25, 0.3) is 0 Å². The Balaban J connectivity index is 2.00. The second kappa shape index (κ2) is 6.29. The molecule has 1 heterocycles. The van der Waals surface area contributed by atoms with E-state index in [-0.39, 0.29) is 6.04 Å². The average Bonchev–Trinajstić information content (AvgIpc) is 2.65. The van der Waals surface area contributed by atoms with Gasteiger partial charge in [0.1, 0.15) is 0 Å². The molecule has 0 amide bonds. The van der Waals surface area contributed by atoms with Crippen LogP contribution in [0.4, 0.5) is 0 Å². The molecule has 1 aliphatic rings. The summed E-state index contributed by atoms with van der Waals surface area (Å²) in [4.78, 5) is 6.53. The molecule has 0 saturated heterocycles. The lowest BCUT2D eigenvalue weighted by atomic mass is 10.0. The maximum Gasteiger partial charge on any atom is 0.229 e. The number of nitrogens with zero attached hydrogens (tertiary/aromatic N) is 3. The van der Waals surface area contributed by atoms with Crippen LogP contribution in [0.3, 0.4) is 0 Å². The van der Waals surface area contributed by atoms with Crippen molar-refractivity contribution in [1.29, 1.82) is 0 Å². The first-order chi connectivity index (χ1) is 8.66. The first-order valence-corrected chi connectivity index (χ1v) is 6.90. The summed E-state index contributed by atoms with van der Waals surface area (Å²) in [5, 5.41) is 4.04. The standard InChI is InChI=1S/C13H24N4O/c1-17(2)9-11(14)12-15-13(18-16-12)10-7-5-3-4-6-8-10/h10-11H,3-9,14H2,1-2H3. The Morgan fingerprint density at radius 1 is 1.28 bits per heavy atom. The molecule has 1 aliphatic carbocycles. The van der Waals surface area contributed by atoms with Gasteiger partial charge < -0.3 is 15.2 Å². The monoisotopic (exact) mass is 252 g/mol. The molecule has 102 valence electrons. The molecule has 5 heteroatoms. The summed E-state index contributed by atoms with van der Waals surface area (Å²) in [6.07, 6.45) is 7.54. The minimum absolute atomic E-state index is 0.164. The third-order valence-electron chi connectivity index (χ3n) is 3.56. The molecule has 2 N–H and O–H groups in total. The molecule has 1 aromatic heterocycles. The molecular weight excluding hydrogens is 228 g/mol. The van der Waals surface area contributed by atoms with E-state index in [2.05, 4.69) is 10.1 Å². The van der Waals surface area contributed by atoms with Crippen LogP contribution < -0.4 is 5.73 Å². The van der Waals surface area contributed by atoms with Crippen molar-refractivity contribution in [1.82, 2.24) is 15.0 Å². The Kier molecular flexibility index (Phi) is 4.72. The fourth-order valence-electron chi connectivity index (χ4n) is 2.57. The maximum absolute atomic E-state index is 6.04. The second-order valence-corrected chi connectivity index (χ2v) is 5.55. The van der Waals surface area contributed by atoms with Gasteiger partial charge in [-0.15, -0.1) is 0 Å². The van der Waals surface area contributed by atoms with Crippen molar-refractivity contribution >= 4 is 0 Å². The molecule has 0 spiro atoms. The number of hydrogen-bond donors (Lipinski definition) is 1. The summed E-state index contributed by atoms with van der Waals surface area (Å²) in [6.45, 7) is 0.740. The fraction of sp³-hybridized carbons (Fsp3) is 0.846. The normalized spacial score (nSPS) is 20.0. The van der Waals surface area contributed by atoms with E-state index in [1.807, 2.05) is 19.0 Å². The zero-order chi connectivity index (χ0) is 13.0. The summed E-state index contributed by atoms with van der Waals surface area (Å²) < 4.78 is 5.40. The molecule has 2 rings (SSSR count). The summed E-state index contributed by atoms with van der Waals surface area (Å²) in [5.41, 5.74) is 6.04. The fourth-order valence-corrected chi connectivity index (χ4v) is 2.57.